The summed E-state index contributed by atoms with van der Waals surface area (Å²) in [5, 5.41) is 0. The van der Waals surface area contributed by atoms with Gasteiger partial charge in [0.1, 0.15) is 0 Å². The van der Waals surface area contributed by atoms with E-state index in [2.05, 4.69) is 31.7 Å². The van der Waals surface area contributed by atoms with Crippen LogP contribution in [-0.4, -0.2) is 36.1 Å². The van der Waals surface area contributed by atoms with Crippen LogP contribution in [0.5, 0.6) is 0 Å². The Bertz CT molecular complexity index is 585. The smallest absolute Gasteiger partial charge is 0.223 e. The Balaban J connectivity index is 1.65. The summed E-state index contributed by atoms with van der Waals surface area (Å²) in [5.41, 5.74) is 2.14. The van der Waals surface area contributed by atoms with Gasteiger partial charge in [-0.15, -0.1) is 0 Å². The predicted octanol–water partition coefficient (Wildman–Crippen LogP) is 4.57. The third kappa shape index (κ3) is 2.44. The molecule has 6 unspecified atom stereocenters. The van der Waals surface area contributed by atoms with Crippen molar-refractivity contribution >= 4 is 5.91 Å². The number of hydrogen-bond acceptors (Lipinski definition) is 2. The summed E-state index contributed by atoms with van der Waals surface area (Å²) in [7, 11) is 1.87. The summed E-state index contributed by atoms with van der Waals surface area (Å²) in [5.74, 6) is 2.63. The van der Waals surface area contributed by atoms with E-state index in [1.54, 1.807) is 5.57 Å². The van der Waals surface area contributed by atoms with Gasteiger partial charge in [0.15, 0.2) is 0 Å². The zero-order valence-electron chi connectivity index (χ0n) is 16.5. The average molecular weight is 346 g/mol. The number of ether oxygens (including phenoxy) is 1. The Hall–Kier alpha value is -0.830. The fraction of sp³-hybridized carbons (Fsp3) is 0.864. The monoisotopic (exact) mass is 345 g/mol. The molecule has 3 heteroatoms. The molecule has 0 aromatic rings. The second-order valence-corrected chi connectivity index (χ2v) is 9.43. The van der Waals surface area contributed by atoms with Gasteiger partial charge in [0.2, 0.25) is 5.91 Å². The summed E-state index contributed by atoms with van der Waals surface area (Å²) in [6.07, 6.45) is 12.2. The van der Waals surface area contributed by atoms with Gasteiger partial charge in [-0.25, -0.2) is 0 Å². The minimum Gasteiger partial charge on any atom is -0.381 e. The molecule has 1 amide bonds. The van der Waals surface area contributed by atoms with Crippen LogP contribution >= 0.6 is 0 Å². The van der Waals surface area contributed by atoms with Crippen LogP contribution in [0, 0.1) is 23.2 Å². The lowest BCUT2D eigenvalue weighted by Gasteiger charge is -2.62. The van der Waals surface area contributed by atoms with Gasteiger partial charge >= 0.3 is 0 Å². The van der Waals surface area contributed by atoms with E-state index < -0.39 is 0 Å². The molecule has 1 saturated heterocycles. The highest BCUT2D eigenvalue weighted by atomic mass is 16.5. The molecule has 2 saturated carbocycles. The van der Waals surface area contributed by atoms with Gasteiger partial charge in [-0.3, -0.25) is 4.79 Å². The lowest BCUT2D eigenvalue weighted by molar-refractivity contribution is -0.156. The van der Waals surface area contributed by atoms with Crippen molar-refractivity contribution in [1.29, 1.82) is 0 Å². The van der Waals surface area contributed by atoms with E-state index in [-0.39, 0.29) is 5.54 Å². The van der Waals surface area contributed by atoms with E-state index in [9.17, 15) is 4.79 Å². The number of amides is 1. The molecule has 140 valence electrons. The van der Waals surface area contributed by atoms with E-state index in [0.717, 1.165) is 37.6 Å². The summed E-state index contributed by atoms with van der Waals surface area (Å²) in [4.78, 5) is 14.7. The number of likely N-dealkylation sites (tertiary alicyclic amines) is 1. The molecule has 3 aliphatic carbocycles. The van der Waals surface area contributed by atoms with Crippen LogP contribution < -0.4 is 0 Å². The zero-order valence-corrected chi connectivity index (χ0v) is 16.5. The number of hydrogen-bond donors (Lipinski definition) is 0. The molecule has 4 aliphatic rings. The van der Waals surface area contributed by atoms with Crippen molar-refractivity contribution in [3.8, 4) is 0 Å². The second kappa shape index (κ2) is 6.11. The Morgan fingerprint density at radius 3 is 2.72 bits per heavy atom. The second-order valence-electron chi connectivity index (χ2n) is 9.43. The summed E-state index contributed by atoms with van der Waals surface area (Å²) < 4.78 is 5.68. The van der Waals surface area contributed by atoms with E-state index in [4.69, 9.17) is 4.74 Å². The number of fused-ring (bicyclic) bond motifs is 5. The molecule has 25 heavy (non-hydrogen) atoms. The maximum Gasteiger partial charge on any atom is 0.223 e. The molecule has 0 bridgehead atoms. The van der Waals surface area contributed by atoms with E-state index in [1.807, 2.05) is 7.11 Å². The van der Waals surface area contributed by atoms with Crippen molar-refractivity contribution < 1.29 is 9.53 Å². The first kappa shape index (κ1) is 17.6. The first-order valence-corrected chi connectivity index (χ1v) is 10.5. The lowest BCUT2D eigenvalue weighted by Crippen LogP contribution is -2.64. The highest BCUT2D eigenvalue weighted by molar-refractivity contribution is 5.78. The molecule has 0 N–H and O–H groups in total. The molecule has 1 heterocycles. The van der Waals surface area contributed by atoms with E-state index >= 15 is 0 Å². The minimum atomic E-state index is 0.0939. The number of rotatable bonds is 2. The van der Waals surface area contributed by atoms with Crippen LogP contribution in [0.25, 0.3) is 0 Å². The SMILES string of the molecule is CCN1C(=O)CCC2C3CC=C4CC(OC)CCC4(C)C3CCC21C. The third-order valence-electron chi connectivity index (χ3n) is 8.65. The maximum atomic E-state index is 12.5. The molecule has 3 nitrogen and oxygen atoms in total. The highest BCUT2D eigenvalue weighted by Gasteiger charge is 2.57. The van der Waals surface area contributed by atoms with Crippen molar-refractivity contribution in [1.82, 2.24) is 4.90 Å². The Morgan fingerprint density at radius 1 is 1.20 bits per heavy atom. The number of methoxy groups -OCH3 is 1. The standard InChI is InChI=1S/C22H35NO2/c1-5-23-20(24)9-8-19-17-7-6-15-14-16(25-4)10-12-21(15,2)18(17)11-13-22(19,23)3/h6,16-19H,5,7-14H2,1-4H3. The average Bonchev–Trinajstić information content (AvgIpc) is 2.60. The zero-order chi connectivity index (χ0) is 17.8. The molecular weight excluding hydrogens is 310 g/mol. The van der Waals surface area contributed by atoms with E-state index in [0.29, 0.717) is 23.3 Å². The number of allylic oxidation sites excluding steroid dienone is 1. The fourth-order valence-electron chi connectivity index (χ4n) is 7.23. The molecule has 0 spiro atoms. The Morgan fingerprint density at radius 2 is 2.00 bits per heavy atom. The van der Waals surface area contributed by atoms with Gasteiger partial charge in [0, 0.05) is 25.6 Å². The predicted molar refractivity (Wildman–Crippen MR) is 100 cm³/mol. The van der Waals surface area contributed by atoms with Crippen molar-refractivity contribution in [2.45, 2.75) is 83.8 Å². The van der Waals surface area contributed by atoms with Crippen LogP contribution in [0.2, 0.25) is 0 Å². The first-order valence-electron chi connectivity index (χ1n) is 10.5. The van der Waals surface area contributed by atoms with Crippen LogP contribution in [0.15, 0.2) is 11.6 Å². The molecular formula is C22H35NO2. The highest BCUT2D eigenvalue weighted by Crippen LogP contribution is 2.61. The fourth-order valence-corrected chi connectivity index (χ4v) is 7.23. The van der Waals surface area contributed by atoms with Gasteiger partial charge in [0.25, 0.3) is 0 Å². The number of carbonyl (C=O) groups is 1. The van der Waals surface area contributed by atoms with Gasteiger partial charge in [-0.2, -0.15) is 0 Å². The molecule has 6 atom stereocenters. The summed E-state index contributed by atoms with van der Waals surface area (Å²) >= 11 is 0. The topological polar surface area (TPSA) is 29.5 Å². The number of nitrogens with zero attached hydrogens (tertiary/aromatic N) is 1. The lowest BCUT2D eigenvalue weighted by atomic mass is 9.48. The molecule has 0 aromatic carbocycles. The quantitative estimate of drug-likeness (QED) is 0.686. The first-order chi connectivity index (χ1) is 11.9. The van der Waals surface area contributed by atoms with Crippen LogP contribution in [0.3, 0.4) is 0 Å². The molecule has 3 fully saturated rings. The van der Waals surface area contributed by atoms with Gasteiger partial charge in [-0.05, 0) is 82.0 Å². The van der Waals surface area contributed by atoms with Crippen LogP contribution in [-0.2, 0) is 9.53 Å². The van der Waals surface area contributed by atoms with Gasteiger partial charge in [0.05, 0.1) is 6.10 Å². The number of carbonyl (C=O) groups excluding carboxylic acids is 1. The summed E-state index contributed by atoms with van der Waals surface area (Å²) in [6.45, 7) is 7.95. The molecule has 0 radical (unpaired) electrons. The maximum absolute atomic E-state index is 12.5. The van der Waals surface area contributed by atoms with Crippen molar-refractivity contribution in [2.24, 2.45) is 23.2 Å². The third-order valence-corrected chi connectivity index (χ3v) is 8.65. The van der Waals surface area contributed by atoms with Crippen molar-refractivity contribution in [3.05, 3.63) is 11.6 Å². The number of piperidine rings is 1. The largest absolute Gasteiger partial charge is 0.381 e. The summed E-state index contributed by atoms with van der Waals surface area (Å²) in [6, 6.07) is 0. The minimum absolute atomic E-state index is 0.0939. The molecule has 0 aromatic heterocycles. The van der Waals surface area contributed by atoms with Crippen LogP contribution in [0.4, 0.5) is 0 Å². The van der Waals surface area contributed by atoms with Crippen molar-refractivity contribution in [3.63, 3.8) is 0 Å². The Kier molecular flexibility index (Phi) is 4.30. The van der Waals surface area contributed by atoms with Crippen molar-refractivity contribution in [2.75, 3.05) is 13.7 Å². The van der Waals surface area contributed by atoms with E-state index in [1.165, 1.54) is 32.1 Å². The molecule has 1 aliphatic heterocycles. The Labute approximate surface area is 153 Å². The van der Waals surface area contributed by atoms with Gasteiger partial charge in [-0.1, -0.05) is 18.6 Å². The van der Waals surface area contributed by atoms with Gasteiger partial charge < -0.3 is 9.64 Å². The molecule has 4 rings (SSSR count). The van der Waals surface area contributed by atoms with Crippen LogP contribution in [0.1, 0.15) is 72.1 Å². The normalized spacial score (nSPS) is 46.8.